The van der Waals surface area contributed by atoms with Gasteiger partial charge in [-0.1, -0.05) is 26.8 Å². The Balaban J connectivity index is 3.18. The van der Waals surface area contributed by atoms with E-state index < -0.39 is 0 Å². The maximum Gasteiger partial charge on any atom is 0.103 e. The van der Waals surface area contributed by atoms with Crippen molar-refractivity contribution in [3.05, 3.63) is 28.2 Å². The second-order valence-corrected chi connectivity index (χ2v) is 6.25. The van der Waals surface area contributed by atoms with Gasteiger partial charge in [0.2, 0.25) is 0 Å². The zero-order valence-corrected chi connectivity index (χ0v) is 12.7. The lowest BCUT2D eigenvalue weighted by Crippen LogP contribution is -2.39. The summed E-state index contributed by atoms with van der Waals surface area (Å²) in [6, 6.07) is 8.47. The fourth-order valence-corrected chi connectivity index (χ4v) is 2.15. The van der Waals surface area contributed by atoms with E-state index in [-0.39, 0.29) is 5.41 Å². The summed E-state index contributed by atoms with van der Waals surface area (Å²) < 4.78 is 0.852. The van der Waals surface area contributed by atoms with E-state index in [2.05, 4.69) is 54.6 Å². The molecule has 0 radical (unpaired) electrons. The first-order chi connectivity index (χ1) is 7.79. The molecule has 1 aromatic carbocycles. The molecule has 0 N–H and O–H groups in total. The first-order valence-corrected chi connectivity index (χ1v) is 6.49. The van der Waals surface area contributed by atoms with Gasteiger partial charge in [0.25, 0.3) is 0 Å². The minimum atomic E-state index is 0.170. The van der Waals surface area contributed by atoms with Gasteiger partial charge >= 0.3 is 0 Å². The van der Waals surface area contributed by atoms with Gasteiger partial charge in [-0.15, -0.1) is 0 Å². The number of halogens is 1. The van der Waals surface area contributed by atoms with Gasteiger partial charge in [0.05, 0.1) is 11.3 Å². The maximum absolute atomic E-state index is 9.23. The summed E-state index contributed by atoms with van der Waals surface area (Å²) in [7, 11) is 2.04. The van der Waals surface area contributed by atoms with E-state index in [9.17, 15) is 5.26 Å². The van der Waals surface area contributed by atoms with Crippen molar-refractivity contribution in [3.8, 4) is 6.07 Å². The predicted molar refractivity (Wildman–Crippen MR) is 76.2 cm³/mol. The minimum absolute atomic E-state index is 0.170. The van der Waals surface area contributed by atoms with Crippen molar-refractivity contribution in [2.24, 2.45) is 5.41 Å². The molecule has 0 aliphatic rings. The Morgan fingerprint density at radius 2 is 1.94 bits per heavy atom. The molecule has 0 aliphatic heterocycles. The third kappa shape index (κ3) is 3.01. The van der Waals surface area contributed by atoms with E-state index in [4.69, 9.17) is 0 Å². The Morgan fingerprint density at radius 3 is 2.41 bits per heavy atom. The van der Waals surface area contributed by atoms with Crippen LogP contribution in [0.3, 0.4) is 0 Å². The molecule has 2 nitrogen and oxygen atoms in total. The van der Waals surface area contributed by atoms with Crippen molar-refractivity contribution in [2.45, 2.75) is 33.7 Å². The fraction of sp³-hybridized carbons (Fsp3) is 0.500. The van der Waals surface area contributed by atoms with E-state index in [1.165, 1.54) is 0 Å². The van der Waals surface area contributed by atoms with Gasteiger partial charge in [-0.25, -0.2) is 0 Å². The van der Waals surface area contributed by atoms with Gasteiger partial charge in [-0.3, -0.25) is 0 Å². The van der Waals surface area contributed by atoms with Crippen molar-refractivity contribution in [1.82, 2.24) is 0 Å². The number of nitrogens with zero attached hydrogens (tertiary/aromatic N) is 2. The zero-order valence-electron chi connectivity index (χ0n) is 11.1. The highest BCUT2D eigenvalue weighted by molar-refractivity contribution is 9.10. The topological polar surface area (TPSA) is 27.0 Å². The Bertz CT molecular complexity index is 441. The van der Waals surface area contributed by atoms with Crippen LogP contribution in [0.15, 0.2) is 22.7 Å². The number of rotatable bonds is 2. The van der Waals surface area contributed by atoms with Crippen LogP contribution in [0.5, 0.6) is 0 Å². The summed E-state index contributed by atoms with van der Waals surface area (Å²) >= 11 is 3.43. The van der Waals surface area contributed by atoms with E-state index in [0.717, 1.165) is 10.2 Å². The molecular weight excluding hydrogens is 276 g/mol. The first-order valence-electron chi connectivity index (χ1n) is 5.70. The first kappa shape index (κ1) is 14.1. The van der Waals surface area contributed by atoms with Crippen LogP contribution in [-0.2, 0) is 0 Å². The third-order valence-corrected chi connectivity index (χ3v) is 3.98. The summed E-state index contributed by atoms with van der Waals surface area (Å²) in [4.78, 5) is 2.17. The van der Waals surface area contributed by atoms with Gasteiger partial charge in [0.15, 0.2) is 0 Å². The van der Waals surface area contributed by atoms with Crippen molar-refractivity contribution >= 4 is 21.6 Å². The summed E-state index contributed by atoms with van der Waals surface area (Å²) in [5, 5.41) is 9.23. The summed E-state index contributed by atoms with van der Waals surface area (Å²) in [6.07, 6.45) is 0. The Labute approximate surface area is 112 Å². The minimum Gasteiger partial charge on any atom is -0.370 e. The molecule has 1 atom stereocenters. The van der Waals surface area contributed by atoms with Gasteiger partial charge < -0.3 is 4.90 Å². The lowest BCUT2D eigenvalue weighted by Gasteiger charge is -2.37. The highest BCUT2D eigenvalue weighted by Crippen LogP contribution is 2.32. The van der Waals surface area contributed by atoms with Gasteiger partial charge in [0.1, 0.15) is 6.07 Å². The average Bonchev–Trinajstić information content (AvgIpc) is 2.25. The molecular formula is C14H19BrN2. The summed E-state index contributed by atoms with van der Waals surface area (Å²) in [5.74, 6) is 0. The molecule has 0 spiro atoms. The number of benzene rings is 1. The highest BCUT2D eigenvalue weighted by Gasteiger charge is 2.25. The van der Waals surface area contributed by atoms with Crippen LogP contribution >= 0.6 is 15.9 Å². The molecule has 0 aromatic heterocycles. The Hall–Kier alpha value is -1.01. The van der Waals surface area contributed by atoms with Gasteiger partial charge in [-0.05, 0) is 40.4 Å². The van der Waals surface area contributed by atoms with Crippen LogP contribution in [0.25, 0.3) is 0 Å². The van der Waals surface area contributed by atoms with Crippen LogP contribution in [0, 0.1) is 16.7 Å². The van der Waals surface area contributed by atoms with Crippen molar-refractivity contribution in [2.75, 3.05) is 11.9 Å². The molecule has 1 aromatic rings. The molecule has 0 bridgehead atoms. The second kappa shape index (κ2) is 5.10. The van der Waals surface area contributed by atoms with E-state index in [1.54, 1.807) is 0 Å². The molecule has 92 valence electrons. The molecule has 1 rings (SSSR count). The third-order valence-electron chi connectivity index (χ3n) is 3.32. The summed E-state index contributed by atoms with van der Waals surface area (Å²) in [6.45, 7) is 8.80. The van der Waals surface area contributed by atoms with Crippen LogP contribution in [0.1, 0.15) is 33.3 Å². The standard InChI is InChI=1S/C14H19BrN2/c1-10(14(2,3)4)17(5)13-8-6-7-12(15)11(13)9-16/h6-8,10H,1-5H3. The molecule has 0 amide bonds. The van der Waals surface area contributed by atoms with Crippen LogP contribution < -0.4 is 4.90 Å². The molecule has 0 saturated heterocycles. The number of hydrogen-bond donors (Lipinski definition) is 0. The highest BCUT2D eigenvalue weighted by atomic mass is 79.9. The quantitative estimate of drug-likeness (QED) is 0.818. The van der Waals surface area contributed by atoms with E-state index in [1.807, 2.05) is 25.2 Å². The largest absolute Gasteiger partial charge is 0.370 e. The van der Waals surface area contributed by atoms with E-state index >= 15 is 0 Å². The molecule has 17 heavy (non-hydrogen) atoms. The molecule has 0 fully saturated rings. The predicted octanol–water partition coefficient (Wildman–Crippen LogP) is 4.19. The normalized spacial score (nSPS) is 13.0. The molecule has 0 aliphatic carbocycles. The Morgan fingerprint density at radius 1 is 1.35 bits per heavy atom. The molecule has 0 saturated carbocycles. The SMILES string of the molecule is CC(N(C)c1cccc(Br)c1C#N)C(C)(C)C. The van der Waals surface area contributed by atoms with Gasteiger partial charge in [0, 0.05) is 17.6 Å². The van der Waals surface area contributed by atoms with E-state index in [0.29, 0.717) is 11.6 Å². The van der Waals surface area contributed by atoms with Crippen LogP contribution in [0.4, 0.5) is 5.69 Å². The van der Waals surface area contributed by atoms with Crippen molar-refractivity contribution < 1.29 is 0 Å². The number of nitriles is 1. The maximum atomic E-state index is 9.23. The monoisotopic (exact) mass is 294 g/mol. The van der Waals surface area contributed by atoms with Crippen molar-refractivity contribution in [1.29, 1.82) is 5.26 Å². The van der Waals surface area contributed by atoms with Crippen LogP contribution in [-0.4, -0.2) is 13.1 Å². The number of anilines is 1. The average molecular weight is 295 g/mol. The summed E-state index contributed by atoms with van der Waals surface area (Å²) in [5.41, 5.74) is 1.85. The number of hydrogen-bond acceptors (Lipinski definition) is 2. The second-order valence-electron chi connectivity index (χ2n) is 5.40. The lowest BCUT2D eigenvalue weighted by molar-refractivity contribution is 0.329. The molecule has 0 heterocycles. The molecule has 3 heteroatoms. The Kier molecular flexibility index (Phi) is 4.21. The smallest absolute Gasteiger partial charge is 0.103 e. The fourth-order valence-electron chi connectivity index (χ4n) is 1.71. The lowest BCUT2D eigenvalue weighted by atomic mass is 9.86. The van der Waals surface area contributed by atoms with Crippen LogP contribution in [0.2, 0.25) is 0 Å². The molecule has 1 unspecified atom stereocenters. The van der Waals surface area contributed by atoms with Gasteiger partial charge in [-0.2, -0.15) is 5.26 Å². The zero-order chi connectivity index (χ0) is 13.2. The van der Waals surface area contributed by atoms with Crippen molar-refractivity contribution in [3.63, 3.8) is 0 Å².